The molecule has 0 amide bonds. The summed E-state index contributed by atoms with van der Waals surface area (Å²) in [6.07, 6.45) is 0. The highest BCUT2D eigenvalue weighted by molar-refractivity contribution is 5.85. The first-order chi connectivity index (χ1) is 11.0. The number of hydrogen-bond acceptors (Lipinski definition) is 4. The van der Waals surface area contributed by atoms with Crippen molar-refractivity contribution in [1.29, 1.82) is 0 Å². The molecule has 4 aromatic rings. The van der Waals surface area contributed by atoms with Gasteiger partial charge in [-0.15, -0.1) is 0 Å². The van der Waals surface area contributed by atoms with Gasteiger partial charge in [-0.1, -0.05) is 12.1 Å². The zero-order valence-corrected chi connectivity index (χ0v) is 12.1. The van der Waals surface area contributed by atoms with Crippen LogP contribution in [-0.4, -0.2) is 14.7 Å². The van der Waals surface area contributed by atoms with Crippen LogP contribution in [0.3, 0.4) is 0 Å². The number of fused-ring (bicyclic) bond motifs is 2. The van der Waals surface area contributed by atoms with E-state index in [0.717, 1.165) is 23.2 Å². The Morgan fingerprint density at radius 2 is 2.00 bits per heavy atom. The SMILES string of the molecule is Cn1c(-c2cc3cc(F)c(O)cc3oc2=O)nc2ccccc21. The standard InChI is InChI=1S/C17H11FN2O3/c1-20-13-5-3-2-4-12(13)19-16(20)10-6-9-7-11(18)14(21)8-15(9)23-17(10)22/h2-8,21H,1H3. The average Bonchev–Trinajstić information content (AvgIpc) is 2.86. The Kier molecular flexibility index (Phi) is 2.74. The number of imidazole rings is 1. The highest BCUT2D eigenvalue weighted by Crippen LogP contribution is 2.27. The molecule has 0 radical (unpaired) electrons. The summed E-state index contributed by atoms with van der Waals surface area (Å²) < 4.78 is 20.5. The van der Waals surface area contributed by atoms with Gasteiger partial charge < -0.3 is 14.1 Å². The second kappa shape index (κ2) is 4.67. The van der Waals surface area contributed by atoms with Crippen molar-refractivity contribution < 1.29 is 13.9 Å². The molecule has 4 rings (SSSR count). The molecule has 0 bridgehead atoms. The second-order valence-corrected chi connectivity index (χ2v) is 5.27. The molecular formula is C17H11FN2O3. The first kappa shape index (κ1) is 13.5. The molecule has 0 atom stereocenters. The van der Waals surface area contributed by atoms with Crippen molar-refractivity contribution in [3.05, 3.63) is 58.7 Å². The summed E-state index contributed by atoms with van der Waals surface area (Å²) in [5.74, 6) is -0.895. The third-order valence-corrected chi connectivity index (χ3v) is 3.83. The second-order valence-electron chi connectivity index (χ2n) is 5.27. The van der Waals surface area contributed by atoms with E-state index in [1.165, 1.54) is 6.07 Å². The molecule has 0 aliphatic carbocycles. The Bertz CT molecular complexity index is 1130. The molecule has 6 heteroatoms. The third-order valence-electron chi connectivity index (χ3n) is 3.83. The summed E-state index contributed by atoms with van der Waals surface area (Å²) in [5.41, 5.74) is 1.39. The zero-order chi connectivity index (χ0) is 16.1. The smallest absolute Gasteiger partial charge is 0.347 e. The molecular weight excluding hydrogens is 299 g/mol. The van der Waals surface area contributed by atoms with Crippen LogP contribution in [-0.2, 0) is 7.05 Å². The number of aromatic nitrogens is 2. The summed E-state index contributed by atoms with van der Waals surface area (Å²) in [5, 5.41) is 9.76. The fourth-order valence-corrected chi connectivity index (χ4v) is 2.67. The van der Waals surface area contributed by atoms with E-state index in [2.05, 4.69) is 4.98 Å². The van der Waals surface area contributed by atoms with Crippen LogP contribution in [0.4, 0.5) is 4.39 Å². The fourth-order valence-electron chi connectivity index (χ4n) is 2.67. The van der Waals surface area contributed by atoms with Crippen LogP contribution in [0.5, 0.6) is 5.75 Å². The molecule has 0 fully saturated rings. The number of para-hydroxylation sites is 2. The van der Waals surface area contributed by atoms with Gasteiger partial charge in [0.15, 0.2) is 11.6 Å². The first-order valence-corrected chi connectivity index (χ1v) is 6.93. The predicted molar refractivity (Wildman–Crippen MR) is 83.8 cm³/mol. The molecule has 0 aliphatic heterocycles. The molecule has 2 heterocycles. The topological polar surface area (TPSA) is 68.3 Å². The molecule has 0 spiro atoms. The number of aromatic hydroxyl groups is 1. The van der Waals surface area contributed by atoms with Gasteiger partial charge in [0.25, 0.3) is 0 Å². The molecule has 0 unspecified atom stereocenters. The number of phenols is 1. The maximum atomic E-state index is 13.5. The molecule has 114 valence electrons. The Morgan fingerprint density at radius 3 is 2.78 bits per heavy atom. The Labute approximate surface area is 129 Å². The normalized spacial score (nSPS) is 11.4. The zero-order valence-electron chi connectivity index (χ0n) is 12.1. The van der Waals surface area contributed by atoms with Crippen LogP contribution in [0.15, 0.2) is 51.7 Å². The lowest BCUT2D eigenvalue weighted by Crippen LogP contribution is -2.06. The maximum absolute atomic E-state index is 13.5. The van der Waals surface area contributed by atoms with Crippen molar-refractivity contribution in [2.45, 2.75) is 0 Å². The van der Waals surface area contributed by atoms with Gasteiger partial charge in [-0.3, -0.25) is 0 Å². The Hall–Kier alpha value is -3.15. The number of hydrogen-bond donors (Lipinski definition) is 1. The maximum Gasteiger partial charge on any atom is 0.347 e. The molecule has 0 saturated carbocycles. The van der Waals surface area contributed by atoms with Crippen LogP contribution in [0.2, 0.25) is 0 Å². The van der Waals surface area contributed by atoms with Crippen molar-refractivity contribution in [3.8, 4) is 17.1 Å². The summed E-state index contributed by atoms with van der Waals surface area (Å²) in [4.78, 5) is 16.7. The Balaban J connectivity index is 2.04. The minimum Gasteiger partial charge on any atom is -0.505 e. The van der Waals surface area contributed by atoms with E-state index in [1.54, 1.807) is 11.6 Å². The van der Waals surface area contributed by atoms with Crippen molar-refractivity contribution in [2.24, 2.45) is 7.05 Å². The lowest BCUT2D eigenvalue weighted by atomic mass is 10.1. The van der Waals surface area contributed by atoms with E-state index in [9.17, 15) is 14.3 Å². The van der Waals surface area contributed by atoms with Crippen molar-refractivity contribution in [1.82, 2.24) is 9.55 Å². The largest absolute Gasteiger partial charge is 0.505 e. The number of benzene rings is 2. The number of aryl methyl sites for hydroxylation is 1. The van der Waals surface area contributed by atoms with Crippen LogP contribution in [0, 0.1) is 5.82 Å². The van der Waals surface area contributed by atoms with Gasteiger partial charge >= 0.3 is 5.63 Å². The number of phenolic OH excluding ortho intramolecular Hbond substituents is 1. The molecule has 5 nitrogen and oxygen atoms in total. The summed E-state index contributed by atoms with van der Waals surface area (Å²) >= 11 is 0. The summed E-state index contributed by atoms with van der Waals surface area (Å²) in [7, 11) is 1.80. The Morgan fingerprint density at radius 1 is 1.22 bits per heavy atom. The van der Waals surface area contributed by atoms with Gasteiger partial charge in [-0.25, -0.2) is 14.2 Å². The number of halogens is 1. The van der Waals surface area contributed by atoms with E-state index >= 15 is 0 Å². The van der Waals surface area contributed by atoms with E-state index < -0.39 is 17.2 Å². The average molecular weight is 310 g/mol. The minimum absolute atomic E-state index is 0.122. The predicted octanol–water partition coefficient (Wildman–Crippen LogP) is 3.19. The van der Waals surface area contributed by atoms with E-state index in [4.69, 9.17) is 4.42 Å². The number of rotatable bonds is 1. The van der Waals surface area contributed by atoms with Gasteiger partial charge in [-0.05, 0) is 24.3 Å². The summed E-state index contributed by atoms with van der Waals surface area (Å²) in [6, 6.07) is 11.2. The lowest BCUT2D eigenvalue weighted by Gasteiger charge is -2.04. The molecule has 23 heavy (non-hydrogen) atoms. The quantitative estimate of drug-likeness (QED) is 0.548. The van der Waals surface area contributed by atoms with Crippen molar-refractivity contribution in [2.75, 3.05) is 0 Å². The van der Waals surface area contributed by atoms with Gasteiger partial charge in [0.2, 0.25) is 0 Å². The van der Waals surface area contributed by atoms with Gasteiger partial charge in [-0.2, -0.15) is 0 Å². The molecule has 2 aromatic carbocycles. The van der Waals surface area contributed by atoms with E-state index in [0.29, 0.717) is 11.2 Å². The van der Waals surface area contributed by atoms with E-state index in [1.807, 2.05) is 24.3 Å². The molecule has 1 N–H and O–H groups in total. The molecule has 2 aromatic heterocycles. The third kappa shape index (κ3) is 1.99. The van der Waals surface area contributed by atoms with Crippen molar-refractivity contribution in [3.63, 3.8) is 0 Å². The van der Waals surface area contributed by atoms with Gasteiger partial charge in [0.1, 0.15) is 17.0 Å². The number of nitrogens with zero attached hydrogens (tertiary/aromatic N) is 2. The highest BCUT2D eigenvalue weighted by Gasteiger charge is 2.16. The monoisotopic (exact) mass is 310 g/mol. The highest BCUT2D eigenvalue weighted by atomic mass is 19.1. The molecule has 0 aliphatic rings. The van der Waals surface area contributed by atoms with Gasteiger partial charge in [0, 0.05) is 18.5 Å². The van der Waals surface area contributed by atoms with E-state index in [-0.39, 0.29) is 11.1 Å². The molecule has 0 saturated heterocycles. The lowest BCUT2D eigenvalue weighted by molar-refractivity contribution is 0.431. The van der Waals surface area contributed by atoms with Crippen LogP contribution < -0.4 is 5.63 Å². The minimum atomic E-state index is -0.776. The van der Waals surface area contributed by atoms with Crippen LogP contribution in [0.1, 0.15) is 0 Å². The summed E-state index contributed by atoms with van der Waals surface area (Å²) in [6.45, 7) is 0. The first-order valence-electron chi connectivity index (χ1n) is 6.93. The van der Waals surface area contributed by atoms with Crippen molar-refractivity contribution >= 4 is 22.0 Å². The van der Waals surface area contributed by atoms with Crippen LogP contribution in [0.25, 0.3) is 33.4 Å². The fraction of sp³-hybridized carbons (Fsp3) is 0.0588. The van der Waals surface area contributed by atoms with Gasteiger partial charge in [0.05, 0.1) is 11.0 Å². The van der Waals surface area contributed by atoms with Crippen LogP contribution >= 0.6 is 0 Å².